The largest absolute Gasteiger partial charge is 0.444 e. The summed E-state index contributed by atoms with van der Waals surface area (Å²) in [5.41, 5.74) is 6.41. The van der Waals surface area contributed by atoms with Gasteiger partial charge in [0.25, 0.3) is 5.91 Å². The molecule has 2 aromatic carbocycles. The highest BCUT2D eigenvalue weighted by Gasteiger charge is 2.29. The van der Waals surface area contributed by atoms with E-state index in [-0.39, 0.29) is 23.5 Å². The lowest BCUT2D eigenvalue weighted by Gasteiger charge is -2.26. The van der Waals surface area contributed by atoms with Crippen LogP contribution in [0.2, 0.25) is 0 Å². The molecule has 1 unspecified atom stereocenters. The first-order chi connectivity index (χ1) is 13.8. The third-order valence-corrected chi connectivity index (χ3v) is 6.52. The molecule has 9 heteroatoms. The zero-order valence-electron chi connectivity index (χ0n) is 15.9. The van der Waals surface area contributed by atoms with Crippen LogP contribution in [0.3, 0.4) is 0 Å². The molecular weight excluding hydrogens is 396 g/mol. The van der Waals surface area contributed by atoms with E-state index < -0.39 is 28.0 Å². The second-order valence-corrected chi connectivity index (χ2v) is 8.53. The molecule has 0 spiro atoms. The number of amides is 1. The Labute approximate surface area is 169 Å². The van der Waals surface area contributed by atoms with Gasteiger partial charge in [-0.25, -0.2) is 13.2 Å². The summed E-state index contributed by atoms with van der Waals surface area (Å²) in [6, 6.07) is 12.6. The molecule has 1 saturated heterocycles. The second-order valence-electron chi connectivity index (χ2n) is 6.59. The zero-order valence-corrected chi connectivity index (χ0v) is 16.7. The van der Waals surface area contributed by atoms with E-state index in [1.54, 1.807) is 37.3 Å². The monoisotopic (exact) mass is 418 g/mol. The Morgan fingerprint density at radius 3 is 2.38 bits per heavy atom. The average Bonchev–Trinajstić information content (AvgIpc) is 2.73. The van der Waals surface area contributed by atoms with Crippen molar-refractivity contribution in [3.8, 4) is 0 Å². The predicted molar refractivity (Wildman–Crippen MR) is 105 cm³/mol. The summed E-state index contributed by atoms with van der Waals surface area (Å²) in [4.78, 5) is 24.5. The third-order valence-electron chi connectivity index (χ3n) is 4.62. The van der Waals surface area contributed by atoms with E-state index in [9.17, 15) is 18.0 Å². The van der Waals surface area contributed by atoms with Gasteiger partial charge in [-0.2, -0.15) is 4.31 Å². The quantitative estimate of drug-likeness (QED) is 0.709. The highest BCUT2D eigenvalue weighted by atomic mass is 32.2. The normalized spacial score (nSPS) is 16.2. The first kappa shape index (κ1) is 21.0. The van der Waals surface area contributed by atoms with Gasteiger partial charge in [0.2, 0.25) is 16.1 Å². The Balaban J connectivity index is 1.89. The fourth-order valence-electron chi connectivity index (χ4n) is 3.01. The molecule has 2 aromatic rings. The minimum Gasteiger partial charge on any atom is -0.444 e. The van der Waals surface area contributed by atoms with Gasteiger partial charge in [-0.05, 0) is 24.6 Å². The van der Waals surface area contributed by atoms with Crippen LogP contribution in [0.5, 0.6) is 0 Å². The summed E-state index contributed by atoms with van der Waals surface area (Å²) in [5, 5.41) is 0. The topological polar surface area (TPSA) is 116 Å². The summed E-state index contributed by atoms with van der Waals surface area (Å²) >= 11 is 0. The number of morpholine rings is 1. The van der Waals surface area contributed by atoms with Crippen molar-refractivity contribution in [3.05, 3.63) is 65.2 Å². The van der Waals surface area contributed by atoms with Crippen molar-refractivity contribution < 1.29 is 27.5 Å². The highest BCUT2D eigenvalue weighted by Crippen LogP contribution is 2.24. The maximum Gasteiger partial charge on any atom is 0.339 e. The molecule has 1 atom stereocenters. The van der Waals surface area contributed by atoms with Gasteiger partial charge in [-0.15, -0.1) is 0 Å². The van der Waals surface area contributed by atoms with Crippen molar-refractivity contribution in [2.45, 2.75) is 17.9 Å². The standard InChI is InChI=1S/C20H22N2O6S/c1-14-7-8-16(29(25,26)22-9-11-27-12-10-22)13-17(14)20(24)28-18(19(21)23)15-5-3-2-4-6-15/h2-8,13,18H,9-12H2,1H3,(H2,21,23). The number of esters is 1. The Kier molecular flexibility index (Phi) is 6.31. The SMILES string of the molecule is Cc1ccc(S(=O)(=O)N2CCOCC2)cc1C(=O)OC(C(N)=O)c1ccccc1. The van der Waals surface area contributed by atoms with E-state index in [1.165, 1.54) is 22.5 Å². The number of nitrogens with two attached hydrogens (primary N) is 1. The number of carbonyl (C=O) groups excluding carboxylic acids is 2. The molecule has 3 rings (SSSR count). The lowest BCUT2D eigenvalue weighted by atomic mass is 10.1. The highest BCUT2D eigenvalue weighted by molar-refractivity contribution is 7.89. The number of nitrogens with zero attached hydrogens (tertiary/aromatic N) is 1. The summed E-state index contributed by atoms with van der Waals surface area (Å²) in [6.45, 7) is 2.78. The summed E-state index contributed by atoms with van der Waals surface area (Å²) in [6.07, 6.45) is -1.28. The van der Waals surface area contributed by atoms with E-state index in [1.807, 2.05) is 0 Å². The molecule has 0 saturated carbocycles. The zero-order chi connectivity index (χ0) is 21.0. The number of ether oxygens (including phenoxy) is 2. The van der Waals surface area contributed by atoms with Crippen LogP contribution >= 0.6 is 0 Å². The molecule has 1 aliphatic rings. The molecule has 1 amide bonds. The van der Waals surface area contributed by atoms with Crippen LogP contribution in [0.15, 0.2) is 53.4 Å². The van der Waals surface area contributed by atoms with E-state index in [0.29, 0.717) is 24.3 Å². The van der Waals surface area contributed by atoms with E-state index in [0.717, 1.165) is 0 Å². The lowest BCUT2D eigenvalue weighted by Crippen LogP contribution is -2.40. The number of hydrogen-bond donors (Lipinski definition) is 1. The fraction of sp³-hybridized carbons (Fsp3) is 0.300. The number of benzene rings is 2. The minimum atomic E-state index is -3.78. The van der Waals surface area contributed by atoms with Gasteiger partial charge in [-0.3, -0.25) is 4.79 Å². The van der Waals surface area contributed by atoms with Crippen molar-refractivity contribution in [1.29, 1.82) is 0 Å². The predicted octanol–water partition coefficient (Wildman–Crippen LogP) is 1.40. The van der Waals surface area contributed by atoms with Crippen molar-refractivity contribution in [1.82, 2.24) is 4.31 Å². The molecule has 0 aromatic heterocycles. The van der Waals surface area contributed by atoms with Crippen LogP contribution in [-0.2, 0) is 24.3 Å². The van der Waals surface area contributed by atoms with Gasteiger partial charge in [0.15, 0.2) is 0 Å². The van der Waals surface area contributed by atoms with Crippen LogP contribution in [-0.4, -0.2) is 50.9 Å². The van der Waals surface area contributed by atoms with Crippen molar-refractivity contribution in [3.63, 3.8) is 0 Å². The number of sulfonamides is 1. The van der Waals surface area contributed by atoms with Crippen molar-refractivity contribution >= 4 is 21.9 Å². The van der Waals surface area contributed by atoms with Gasteiger partial charge in [-0.1, -0.05) is 36.4 Å². The van der Waals surface area contributed by atoms with Crippen molar-refractivity contribution in [2.24, 2.45) is 5.73 Å². The van der Waals surface area contributed by atoms with Crippen LogP contribution in [0, 0.1) is 6.92 Å². The van der Waals surface area contributed by atoms with Crippen LogP contribution < -0.4 is 5.73 Å². The van der Waals surface area contributed by atoms with Gasteiger partial charge in [0, 0.05) is 18.7 Å². The summed E-state index contributed by atoms with van der Waals surface area (Å²) < 4.78 is 37.6. The second kappa shape index (κ2) is 8.73. The first-order valence-electron chi connectivity index (χ1n) is 9.04. The number of primary amides is 1. The lowest BCUT2D eigenvalue weighted by molar-refractivity contribution is -0.127. The molecule has 1 heterocycles. The Morgan fingerprint density at radius 2 is 1.76 bits per heavy atom. The van der Waals surface area contributed by atoms with Crippen LogP contribution in [0.25, 0.3) is 0 Å². The van der Waals surface area contributed by atoms with Gasteiger partial charge < -0.3 is 15.2 Å². The van der Waals surface area contributed by atoms with E-state index >= 15 is 0 Å². The van der Waals surface area contributed by atoms with Gasteiger partial charge in [0.1, 0.15) is 0 Å². The molecular formula is C20H22N2O6S. The van der Waals surface area contributed by atoms with E-state index in [4.69, 9.17) is 15.2 Å². The van der Waals surface area contributed by atoms with Crippen LogP contribution in [0.1, 0.15) is 27.6 Å². The van der Waals surface area contributed by atoms with Gasteiger partial charge in [0.05, 0.1) is 23.7 Å². The number of aryl methyl sites for hydroxylation is 1. The summed E-state index contributed by atoms with van der Waals surface area (Å²) in [7, 11) is -3.78. The molecule has 29 heavy (non-hydrogen) atoms. The first-order valence-corrected chi connectivity index (χ1v) is 10.5. The number of carbonyl (C=O) groups is 2. The molecule has 2 N–H and O–H groups in total. The number of hydrogen-bond acceptors (Lipinski definition) is 6. The van der Waals surface area contributed by atoms with Gasteiger partial charge >= 0.3 is 5.97 Å². The maximum absolute atomic E-state index is 12.9. The smallest absolute Gasteiger partial charge is 0.339 e. The molecule has 0 aliphatic carbocycles. The van der Waals surface area contributed by atoms with E-state index in [2.05, 4.69) is 0 Å². The Hall–Kier alpha value is -2.75. The Bertz CT molecular complexity index is 1000. The number of rotatable bonds is 6. The maximum atomic E-state index is 12.9. The average molecular weight is 418 g/mol. The summed E-state index contributed by atoms with van der Waals surface area (Å²) in [5.74, 6) is -1.64. The minimum absolute atomic E-state index is 0.0210. The molecule has 0 radical (unpaired) electrons. The fourth-order valence-corrected chi connectivity index (χ4v) is 4.44. The molecule has 0 bridgehead atoms. The third kappa shape index (κ3) is 4.64. The van der Waals surface area contributed by atoms with Crippen LogP contribution in [0.4, 0.5) is 0 Å². The molecule has 1 fully saturated rings. The molecule has 8 nitrogen and oxygen atoms in total. The Morgan fingerprint density at radius 1 is 1.10 bits per heavy atom. The molecule has 1 aliphatic heterocycles. The molecule has 154 valence electrons. The van der Waals surface area contributed by atoms with Crippen molar-refractivity contribution in [2.75, 3.05) is 26.3 Å².